The number of hydrogen-bond donors (Lipinski definition) is 1. The molecule has 1 amide bonds. The van der Waals surface area contributed by atoms with Gasteiger partial charge in [-0.05, 0) is 24.6 Å². The first-order valence-electron chi connectivity index (χ1n) is 6.81. The first-order valence-corrected chi connectivity index (χ1v) is 7.69. The number of carbonyl (C=O) groups is 1. The molecule has 0 spiro atoms. The molecule has 112 valence electrons. The van der Waals surface area contributed by atoms with E-state index < -0.39 is 0 Å². The molecule has 0 fully saturated rings. The van der Waals surface area contributed by atoms with E-state index in [-0.39, 0.29) is 5.91 Å². The van der Waals surface area contributed by atoms with E-state index >= 15 is 0 Å². The Hall–Kier alpha value is -2.54. The average molecular weight is 313 g/mol. The molecule has 0 saturated carbocycles. The Labute approximate surface area is 131 Å². The van der Waals surface area contributed by atoms with E-state index in [4.69, 9.17) is 0 Å². The number of carbonyl (C=O) groups excluding carboxylic acids is 1. The van der Waals surface area contributed by atoms with Crippen LogP contribution >= 0.6 is 11.3 Å². The van der Waals surface area contributed by atoms with E-state index in [2.05, 4.69) is 20.4 Å². The van der Waals surface area contributed by atoms with Crippen molar-refractivity contribution < 1.29 is 4.79 Å². The first kappa shape index (κ1) is 14.4. The Balaban J connectivity index is 1.57. The molecular weight excluding hydrogens is 298 g/mol. The Kier molecular flexibility index (Phi) is 4.24. The number of amides is 1. The minimum absolute atomic E-state index is 0.0608. The van der Waals surface area contributed by atoms with Crippen molar-refractivity contribution in [2.24, 2.45) is 0 Å². The largest absolute Gasteiger partial charge is 0.326 e. The van der Waals surface area contributed by atoms with Crippen molar-refractivity contribution in [2.75, 3.05) is 5.32 Å². The van der Waals surface area contributed by atoms with Crippen LogP contribution in [0.4, 0.5) is 5.69 Å². The maximum Gasteiger partial charge on any atom is 0.230 e. The molecule has 0 aliphatic rings. The molecule has 7 heteroatoms. The highest BCUT2D eigenvalue weighted by atomic mass is 32.1. The third-order valence-corrected chi connectivity index (χ3v) is 3.88. The van der Waals surface area contributed by atoms with Gasteiger partial charge in [0.1, 0.15) is 12.7 Å². The summed E-state index contributed by atoms with van der Waals surface area (Å²) in [5.74, 6) is -0.0608. The van der Waals surface area contributed by atoms with Gasteiger partial charge in [-0.15, -0.1) is 11.3 Å². The Morgan fingerprint density at radius 1 is 1.32 bits per heavy atom. The second kappa shape index (κ2) is 6.48. The van der Waals surface area contributed by atoms with Crippen LogP contribution in [0.5, 0.6) is 0 Å². The molecule has 2 heterocycles. The SMILES string of the molecule is Cc1nc(CC(=O)Nc2ccc(Cn3cncn3)cc2)cs1. The van der Waals surface area contributed by atoms with Gasteiger partial charge in [0.15, 0.2) is 0 Å². The van der Waals surface area contributed by atoms with Gasteiger partial charge in [0.05, 0.1) is 23.7 Å². The number of hydrogen-bond acceptors (Lipinski definition) is 5. The van der Waals surface area contributed by atoms with E-state index in [1.54, 1.807) is 22.3 Å². The molecule has 0 atom stereocenters. The zero-order valence-corrected chi connectivity index (χ0v) is 12.9. The number of nitrogens with zero attached hydrogens (tertiary/aromatic N) is 4. The molecular formula is C15H15N5OS. The van der Waals surface area contributed by atoms with Crippen molar-refractivity contribution >= 4 is 22.9 Å². The van der Waals surface area contributed by atoms with Crippen molar-refractivity contribution in [3.8, 4) is 0 Å². The predicted molar refractivity (Wildman–Crippen MR) is 84.8 cm³/mol. The molecule has 3 aromatic rings. The maximum atomic E-state index is 12.0. The van der Waals surface area contributed by atoms with Crippen molar-refractivity contribution in [3.05, 3.63) is 58.6 Å². The summed E-state index contributed by atoms with van der Waals surface area (Å²) in [5, 5.41) is 9.82. The molecule has 0 aliphatic heterocycles. The van der Waals surface area contributed by atoms with E-state index in [1.807, 2.05) is 36.6 Å². The van der Waals surface area contributed by atoms with Crippen molar-refractivity contribution in [2.45, 2.75) is 19.9 Å². The number of rotatable bonds is 5. The van der Waals surface area contributed by atoms with Crippen LogP contribution in [0.25, 0.3) is 0 Å². The molecule has 22 heavy (non-hydrogen) atoms. The number of anilines is 1. The lowest BCUT2D eigenvalue weighted by Crippen LogP contribution is -2.14. The fourth-order valence-corrected chi connectivity index (χ4v) is 2.67. The highest BCUT2D eigenvalue weighted by Gasteiger charge is 2.07. The summed E-state index contributed by atoms with van der Waals surface area (Å²) in [7, 11) is 0. The third-order valence-electron chi connectivity index (χ3n) is 3.06. The standard InChI is InChI=1S/C15H15N5OS/c1-11-18-14(8-22-11)6-15(21)19-13-4-2-12(3-5-13)7-20-10-16-9-17-20/h2-5,8-10H,6-7H2,1H3,(H,19,21). The topological polar surface area (TPSA) is 72.7 Å². The van der Waals surface area contributed by atoms with E-state index in [9.17, 15) is 4.79 Å². The number of benzene rings is 1. The maximum absolute atomic E-state index is 12.0. The van der Waals surface area contributed by atoms with Gasteiger partial charge in [0.2, 0.25) is 5.91 Å². The molecule has 0 radical (unpaired) electrons. The number of aromatic nitrogens is 4. The minimum Gasteiger partial charge on any atom is -0.326 e. The summed E-state index contributed by atoms with van der Waals surface area (Å²) in [4.78, 5) is 20.2. The Morgan fingerprint density at radius 3 is 2.77 bits per heavy atom. The summed E-state index contributed by atoms with van der Waals surface area (Å²) in [6.45, 7) is 2.59. The number of thiazole rings is 1. The van der Waals surface area contributed by atoms with Crippen LogP contribution < -0.4 is 5.32 Å². The van der Waals surface area contributed by atoms with Crippen LogP contribution in [-0.2, 0) is 17.8 Å². The summed E-state index contributed by atoms with van der Waals surface area (Å²) in [6.07, 6.45) is 3.48. The lowest BCUT2D eigenvalue weighted by Gasteiger charge is -2.06. The predicted octanol–water partition coefficient (Wildman–Crippen LogP) is 2.27. The van der Waals surface area contributed by atoms with E-state index in [0.29, 0.717) is 13.0 Å². The molecule has 0 unspecified atom stereocenters. The third kappa shape index (κ3) is 3.76. The van der Waals surface area contributed by atoms with Gasteiger partial charge in [-0.1, -0.05) is 12.1 Å². The lowest BCUT2D eigenvalue weighted by atomic mass is 10.2. The highest BCUT2D eigenvalue weighted by Crippen LogP contribution is 2.12. The normalized spacial score (nSPS) is 10.6. The van der Waals surface area contributed by atoms with Crippen molar-refractivity contribution in [1.82, 2.24) is 19.7 Å². The summed E-state index contributed by atoms with van der Waals surface area (Å²) < 4.78 is 1.75. The highest BCUT2D eigenvalue weighted by molar-refractivity contribution is 7.09. The van der Waals surface area contributed by atoms with Crippen LogP contribution in [0.1, 0.15) is 16.3 Å². The molecule has 3 rings (SSSR count). The summed E-state index contributed by atoms with van der Waals surface area (Å²) >= 11 is 1.55. The fourth-order valence-electron chi connectivity index (χ4n) is 2.05. The van der Waals surface area contributed by atoms with Gasteiger partial charge in [-0.2, -0.15) is 5.10 Å². The Bertz CT molecular complexity index is 749. The second-order valence-corrected chi connectivity index (χ2v) is 5.94. The van der Waals surface area contributed by atoms with Crippen molar-refractivity contribution in [1.29, 1.82) is 0 Å². The molecule has 1 N–H and O–H groups in total. The van der Waals surface area contributed by atoms with Gasteiger partial charge in [-0.3, -0.25) is 4.79 Å². The van der Waals surface area contributed by atoms with E-state index in [0.717, 1.165) is 22.0 Å². The van der Waals surface area contributed by atoms with E-state index in [1.165, 1.54) is 6.33 Å². The minimum atomic E-state index is -0.0608. The first-order chi connectivity index (χ1) is 10.7. The fraction of sp³-hybridized carbons (Fsp3) is 0.200. The zero-order valence-electron chi connectivity index (χ0n) is 12.1. The number of nitrogens with one attached hydrogen (secondary N) is 1. The summed E-state index contributed by atoms with van der Waals surface area (Å²) in [5.41, 5.74) is 2.68. The average Bonchev–Trinajstić information content (AvgIpc) is 3.13. The molecule has 0 aliphatic carbocycles. The molecule has 0 saturated heterocycles. The van der Waals surface area contributed by atoms with Gasteiger partial charge in [0, 0.05) is 11.1 Å². The Morgan fingerprint density at radius 2 is 2.14 bits per heavy atom. The van der Waals surface area contributed by atoms with Crippen LogP contribution in [0.2, 0.25) is 0 Å². The van der Waals surface area contributed by atoms with Crippen LogP contribution in [-0.4, -0.2) is 25.7 Å². The molecule has 1 aromatic carbocycles. The van der Waals surface area contributed by atoms with Gasteiger partial charge in [0.25, 0.3) is 0 Å². The van der Waals surface area contributed by atoms with Gasteiger partial charge >= 0.3 is 0 Å². The second-order valence-electron chi connectivity index (χ2n) is 4.87. The zero-order chi connectivity index (χ0) is 15.4. The van der Waals surface area contributed by atoms with Crippen LogP contribution in [0.15, 0.2) is 42.3 Å². The monoisotopic (exact) mass is 313 g/mol. The molecule has 0 bridgehead atoms. The molecule has 2 aromatic heterocycles. The number of aryl methyl sites for hydroxylation is 1. The van der Waals surface area contributed by atoms with Gasteiger partial charge < -0.3 is 5.32 Å². The van der Waals surface area contributed by atoms with Gasteiger partial charge in [-0.25, -0.2) is 14.6 Å². The van der Waals surface area contributed by atoms with Crippen LogP contribution in [0.3, 0.4) is 0 Å². The molecule has 6 nitrogen and oxygen atoms in total. The van der Waals surface area contributed by atoms with Crippen LogP contribution in [0, 0.1) is 6.92 Å². The quantitative estimate of drug-likeness (QED) is 0.784. The van der Waals surface area contributed by atoms with Crippen molar-refractivity contribution in [3.63, 3.8) is 0 Å². The lowest BCUT2D eigenvalue weighted by molar-refractivity contribution is -0.115. The summed E-state index contributed by atoms with van der Waals surface area (Å²) in [6, 6.07) is 7.70. The smallest absolute Gasteiger partial charge is 0.230 e.